The van der Waals surface area contributed by atoms with E-state index in [1.54, 1.807) is 0 Å². The molecule has 0 spiro atoms. The Labute approximate surface area is 155 Å². The van der Waals surface area contributed by atoms with E-state index >= 15 is 0 Å². The molecule has 10 nitrogen and oxygen atoms in total. The maximum absolute atomic E-state index is 12.9. The van der Waals surface area contributed by atoms with Gasteiger partial charge in [-0.1, -0.05) is 24.3 Å². The van der Waals surface area contributed by atoms with E-state index in [4.69, 9.17) is 5.11 Å². The lowest BCUT2D eigenvalue weighted by Gasteiger charge is -2.12. The minimum atomic E-state index is -1.71. The van der Waals surface area contributed by atoms with Crippen molar-refractivity contribution >= 4 is 36.1 Å². The molecule has 28 heavy (non-hydrogen) atoms. The average molecular weight is 386 g/mol. The highest BCUT2D eigenvalue weighted by atomic mass is 16.6. The molecule has 0 bridgehead atoms. The molecule has 0 aliphatic rings. The number of rotatable bonds is 7. The number of benzene rings is 2. The zero-order valence-electron chi connectivity index (χ0n) is 13.7. The van der Waals surface area contributed by atoms with E-state index in [-0.39, 0.29) is 6.47 Å². The SMILES string of the molecule is O=COC(=O)c1cccc(C(=O)c2cccc(C(=O)O)c2C(=O)O)c1C(=O)O. The molecule has 2 aromatic rings. The number of ketones is 1. The van der Waals surface area contributed by atoms with E-state index in [0.29, 0.717) is 0 Å². The van der Waals surface area contributed by atoms with E-state index in [1.165, 1.54) is 0 Å². The standard InChI is InChI=1S/C18H10O10/c19-7-28-18(27)11-6-2-4-9(13(11)17(25)26)14(20)8-3-1-5-10(15(21)22)12(8)16(23)24/h1-7H,(H,21,22)(H,23,24)(H,25,26). The molecule has 0 amide bonds. The fourth-order valence-electron chi connectivity index (χ4n) is 2.54. The summed E-state index contributed by atoms with van der Waals surface area (Å²) in [4.78, 5) is 69.4. The van der Waals surface area contributed by atoms with Gasteiger partial charge in [0.25, 0.3) is 0 Å². The first kappa shape index (κ1) is 20.0. The molecular formula is C18H10O10. The van der Waals surface area contributed by atoms with E-state index in [1.807, 2.05) is 0 Å². The van der Waals surface area contributed by atoms with Crippen molar-refractivity contribution < 1.29 is 48.8 Å². The summed E-state index contributed by atoms with van der Waals surface area (Å²) in [5, 5.41) is 27.9. The van der Waals surface area contributed by atoms with Gasteiger partial charge in [0.2, 0.25) is 0 Å². The van der Waals surface area contributed by atoms with Gasteiger partial charge in [-0.15, -0.1) is 0 Å². The summed E-state index contributed by atoms with van der Waals surface area (Å²) < 4.78 is 4.11. The third kappa shape index (κ3) is 3.60. The van der Waals surface area contributed by atoms with Crippen LogP contribution in [-0.2, 0) is 9.53 Å². The fraction of sp³-hybridized carbons (Fsp3) is 0. The molecule has 0 unspecified atom stereocenters. The first-order valence-corrected chi connectivity index (χ1v) is 7.36. The lowest BCUT2D eigenvalue weighted by atomic mass is 9.90. The second-order valence-corrected chi connectivity index (χ2v) is 5.20. The zero-order chi connectivity index (χ0) is 21.0. The van der Waals surface area contributed by atoms with E-state index < -0.39 is 63.0 Å². The van der Waals surface area contributed by atoms with Gasteiger partial charge in [0.05, 0.1) is 22.3 Å². The number of hydrogen-bond donors (Lipinski definition) is 3. The summed E-state index contributed by atoms with van der Waals surface area (Å²) in [5.41, 5.74) is -4.12. The zero-order valence-corrected chi connectivity index (χ0v) is 13.7. The van der Waals surface area contributed by atoms with Crippen LogP contribution in [0.4, 0.5) is 0 Å². The summed E-state index contributed by atoms with van der Waals surface area (Å²) in [6.45, 7) is -0.221. The topological polar surface area (TPSA) is 172 Å². The van der Waals surface area contributed by atoms with E-state index in [0.717, 1.165) is 36.4 Å². The number of carboxylic acids is 3. The molecule has 0 saturated carbocycles. The number of aromatic carboxylic acids is 3. The molecule has 142 valence electrons. The van der Waals surface area contributed by atoms with Crippen LogP contribution >= 0.6 is 0 Å². The van der Waals surface area contributed by atoms with Gasteiger partial charge in [0.1, 0.15) is 0 Å². The Balaban J connectivity index is 2.77. The van der Waals surface area contributed by atoms with Crippen LogP contribution in [0, 0.1) is 0 Å². The molecule has 2 aromatic carbocycles. The third-order valence-corrected chi connectivity index (χ3v) is 3.65. The predicted octanol–water partition coefficient (Wildman–Crippen LogP) is 1.33. The highest BCUT2D eigenvalue weighted by Crippen LogP contribution is 2.24. The van der Waals surface area contributed by atoms with Crippen molar-refractivity contribution in [3.63, 3.8) is 0 Å². The van der Waals surface area contributed by atoms with Gasteiger partial charge in [0.15, 0.2) is 5.78 Å². The van der Waals surface area contributed by atoms with Gasteiger partial charge in [-0.25, -0.2) is 19.2 Å². The van der Waals surface area contributed by atoms with Crippen LogP contribution < -0.4 is 0 Å². The molecule has 10 heteroatoms. The molecule has 0 heterocycles. The smallest absolute Gasteiger partial charge is 0.346 e. The first-order chi connectivity index (χ1) is 13.2. The summed E-state index contributed by atoms with van der Waals surface area (Å²) in [7, 11) is 0. The van der Waals surface area contributed by atoms with Crippen LogP contribution in [0.3, 0.4) is 0 Å². The van der Waals surface area contributed by atoms with Gasteiger partial charge < -0.3 is 20.1 Å². The largest absolute Gasteiger partial charge is 0.478 e. The third-order valence-electron chi connectivity index (χ3n) is 3.65. The average Bonchev–Trinajstić information content (AvgIpc) is 2.66. The molecule has 0 aliphatic carbocycles. The minimum absolute atomic E-state index is 0.221. The lowest BCUT2D eigenvalue weighted by Crippen LogP contribution is -2.19. The van der Waals surface area contributed by atoms with E-state index in [9.17, 15) is 39.0 Å². The number of hydrogen-bond acceptors (Lipinski definition) is 7. The second-order valence-electron chi connectivity index (χ2n) is 5.20. The maximum atomic E-state index is 12.9. The number of esters is 1. The van der Waals surface area contributed by atoms with Gasteiger partial charge >= 0.3 is 30.3 Å². The Hall–Kier alpha value is -4.34. The molecule has 0 aliphatic heterocycles. The molecule has 0 saturated heterocycles. The Bertz CT molecular complexity index is 1030. The number of carboxylic acid groups (broad SMARTS) is 3. The van der Waals surface area contributed by atoms with Crippen molar-refractivity contribution in [1.82, 2.24) is 0 Å². The molecule has 0 fully saturated rings. The van der Waals surface area contributed by atoms with Crippen LogP contribution in [-0.4, -0.2) is 51.5 Å². The summed E-state index contributed by atoms with van der Waals surface area (Å²) in [5.74, 6) is -7.50. The van der Waals surface area contributed by atoms with Crippen LogP contribution in [0.15, 0.2) is 36.4 Å². The number of carbonyl (C=O) groups is 6. The Morgan fingerprint density at radius 3 is 1.54 bits per heavy atom. The van der Waals surface area contributed by atoms with Gasteiger partial charge in [-0.05, 0) is 12.1 Å². The summed E-state index contributed by atoms with van der Waals surface area (Å²) in [6.07, 6.45) is 0. The van der Waals surface area contributed by atoms with Crippen LogP contribution in [0.5, 0.6) is 0 Å². The van der Waals surface area contributed by atoms with Crippen LogP contribution in [0.25, 0.3) is 0 Å². The molecular weight excluding hydrogens is 376 g/mol. The first-order valence-electron chi connectivity index (χ1n) is 7.36. The van der Waals surface area contributed by atoms with Gasteiger partial charge in [0, 0.05) is 11.1 Å². The van der Waals surface area contributed by atoms with Gasteiger partial charge in [-0.3, -0.25) is 9.59 Å². The van der Waals surface area contributed by atoms with Crippen molar-refractivity contribution in [3.8, 4) is 0 Å². The molecule has 0 radical (unpaired) electrons. The Kier molecular flexibility index (Phi) is 5.64. The lowest BCUT2D eigenvalue weighted by molar-refractivity contribution is -0.123. The van der Waals surface area contributed by atoms with Crippen molar-refractivity contribution in [2.45, 2.75) is 0 Å². The number of ether oxygens (including phenoxy) is 1. The molecule has 2 rings (SSSR count). The fourth-order valence-corrected chi connectivity index (χ4v) is 2.54. The highest BCUT2D eigenvalue weighted by Gasteiger charge is 2.29. The molecule has 3 N–H and O–H groups in total. The molecule has 0 atom stereocenters. The predicted molar refractivity (Wildman–Crippen MR) is 88.7 cm³/mol. The second kappa shape index (κ2) is 7.91. The maximum Gasteiger partial charge on any atom is 0.346 e. The van der Waals surface area contributed by atoms with Crippen molar-refractivity contribution in [2.24, 2.45) is 0 Å². The van der Waals surface area contributed by atoms with Crippen molar-refractivity contribution in [1.29, 1.82) is 0 Å². The minimum Gasteiger partial charge on any atom is -0.478 e. The quantitative estimate of drug-likeness (QED) is 0.273. The summed E-state index contributed by atoms with van der Waals surface area (Å²) in [6, 6.07) is 6.25. The van der Waals surface area contributed by atoms with Crippen LogP contribution in [0.2, 0.25) is 0 Å². The van der Waals surface area contributed by atoms with Crippen molar-refractivity contribution in [2.75, 3.05) is 0 Å². The highest BCUT2D eigenvalue weighted by molar-refractivity contribution is 6.21. The summed E-state index contributed by atoms with van der Waals surface area (Å²) >= 11 is 0. The van der Waals surface area contributed by atoms with Crippen LogP contribution in [0.1, 0.15) is 57.4 Å². The van der Waals surface area contributed by atoms with Crippen molar-refractivity contribution in [3.05, 3.63) is 69.8 Å². The Morgan fingerprint density at radius 2 is 1.11 bits per heavy atom. The van der Waals surface area contributed by atoms with Gasteiger partial charge in [-0.2, -0.15) is 0 Å². The normalized spacial score (nSPS) is 10.0. The van der Waals surface area contributed by atoms with E-state index in [2.05, 4.69) is 4.74 Å². The monoisotopic (exact) mass is 386 g/mol. The number of carbonyl (C=O) groups excluding carboxylic acids is 3. The molecule has 0 aromatic heterocycles. The Morgan fingerprint density at radius 1 is 0.679 bits per heavy atom.